The summed E-state index contributed by atoms with van der Waals surface area (Å²) < 4.78 is 5.81. The molecule has 0 fully saturated rings. The molecule has 0 radical (unpaired) electrons. The fraction of sp³-hybridized carbons (Fsp3) is 0.917. The van der Waals surface area contributed by atoms with Crippen LogP contribution >= 0.6 is 0 Å². The third kappa shape index (κ3) is 24.8. The number of aliphatic hydroxyl groups excluding tert-OH is 1. The van der Waals surface area contributed by atoms with Gasteiger partial charge in [0.05, 0.1) is 17.7 Å². The zero-order valence-electron chi connectivity index (χ0n) is 22.1. The van der Waals surface area contributed by atoms with Crippen LogP contribution in [0.4, 0.5) is 4.79 Å². The van der Waals surface area contributed by atoms with E-state index in [1.165, 1.54) is 25.7 Å². The second kappa shape index (κ2) is 18.3. The van der Waals surface area contributed by atoms with Crippen LogP contribution in [0.3, 0.4) is 0 Å². The molecule has 0 unspecified atom stereocenters. The highest BCUT2D eigenvalue weighted by Crippen LogP contribution is 2.27. The van der Waals surface area contributed by atoms with Gasteiger partial charge in [-0.25, -0.2) is 4.79 Å². The van der Waals surface area contributed by atoms with Gasteiger partial charge in [0, 0.05) is 6.54 Å². The molecule has 3 amide bonds. The van der Waals surface area contributed by atoms with Crippen LogP contribution in [0, 0.1) is 5.41 Å². The molecule has 0 aliphatic rings. The van der Waals surface area contributed by atoms with Crippen LogP contribution in [0.1, 0.15) is 108 Å². The van der Waals surface area contributed by atoms with E-state index in [2.05, 4.69) is 38.3 Å². The van der Waals surface area contributed by atoms with Gasteiger partial charge in [0.1, 0.15) is 6.61 Å². The van der Waals surface area contributed by atoms with Gasteiger partial charge in [-0.2, -0.15) is 0 Å². The third-order valence-corrected chi connectivity index (χ3v) is 4.55. The van der Waals surface area contributed by atoms with Crippen molar-refractivity contribution in [3.05, 3.63) is 0 Å². The van der Waals surface area contributed by atoms with Crippen LogP contribution < -0.4 is 16.4 Å². The molecule has 0 aliphatic carbocycles. The Bertz CT molecular complexity index is 456. The van der Waals surface area contributed by atoms with Crippen molar-refractivity contribution in [1.82, 2.24) is 10.6 Å². The highest BCUT2D eigenvalue weighted by atomic mass is 16.5. The average Bonchev–Trinajstić information content (AvgIpc) is 2.65. The molecule has 31 heavy (non-hydrogen) atoms. The molecule has 7 heteroatoms. The summed E-state index contributed by atoms with van der Waals surface area (Å²) in [5.74, 6) is -0.429. The molecule has 0 aromatic rings. The molecule has 5 N–H and O–H groups in total. The Labute approximate surface area is 192 Å². The van der Waals surface area contributed by atoms with E-state index in [9.17, 15) is 9.59 Å². The van der Waals surface area contributed by atoms with Crippen LogP contribution in [0.5, 0.6) is 0 Å². The quantitative estimate of drug-likeness (QED) is 0.305. The summed E-state index contributed by atoms with van der Waals surface area (Å²) in [4.78, 5) is 21.7. The van der Waals surface area contributed by atoms with Crippen molar-refractivity contribution >= 4 is 11.9 Å². The number of aliphatic hydroxyl groups is 1. The first-order valence-electron chi connectivity index (χ1n) is 11.8. The van der Waals surface area contributed by atoms with E-state index in [1.54, 1.807) is 0 Å². The SMILES string of the molecule is CC.CC(C)(COC(C)(C)CCCNC(N)=O)NC(=O)CO.CCCC(C)(C)CCC. The zero-order chi connectivity index (χ0) is 25.1. The van der Waals surface area contributed by atoms with E-state index in [0.29, 0.717) is 18.6 Å². The number of carbonyl (C=O) groups is 2. The molecule has 0 saturated carbocycles. The first-order chi connectivity index (χ1) is 14.2. The van der Waals surface area contributed by atoms with Crippen molar-refractivity contribution in [2.24, 2.45) is 11.1 Å². The summed E-state index contributed by atoms with van der Waals surface area (Å²) in [5.41, 5.74) is 4.65. The van der Waals surface area contributed by atoms with Crippen LogP contribution in [0.2, 0.25) is 0 Å². The van der Waals surface area contributed by atoms with Crippen LogP contribution in [0.25, 0.3) is 0 Å². The molecular weight excluding hydrogens is 394 g/mol. The van der Waals surface area contributed by atoms with Gasteiger partial charge < -0.3 is 26.2 Å². The maximum absolute atomic E-state index is 11.2. The molecule has 0 rings (SSSR count). The maximum atomic E-state index is 11.2. The summed E-state index contributed by atoms with van der Waals surface area (Å²) in [5, 5.41) is 13.9. The molecule has 0 aromatic carbocycles. The van der Waals surface area contributed by atoms with Gasteiger partial charge in [0.25, 0.3) is 0 Å². The van der Waals surface area contributed by atoms with Crippen molar-refractivity contribution in [2.45, 2.75) is 119 Å². The summed E-state index contributed by atoms with van der Waals surface area (Å²) in [6, 6.07) is -0.531. The number of urea groups is 1. The molecule has 0 saturated heterocycles. The molecule has 0 aromatic heterocycles. The predicted octanol–water partition coefficient (Wildman–Crippen LogP) is 4.76. The molecule has 188 valence electrons. The Hall–Kier alpha value is -1.34. The van der Waals surface area contributed by atoms with Gasteiger partial charge in [-0.15, -0.1) is 0 Å². The minimum atomic E-state index is -0.553. The summed E-state index contributed by atoms with van der Waals surface area (Å²) in [7, 11) is 0. The van der Waals surface area contributed by atoms with Gasteiger partial charge >= 0.3 is 6.03 Å². The van der Waals surface area contributed by atoms with Crippen LogP contribution in [-0.2, 0) is 9.53 Å². The standard InChI is InChI=1S/C13H27N3O4.C9H20.C2H6/c1-12(2,16-10(18)8-17)9-20-13(3,4)6-5-7-15-11(14)19;1-5-7-9(3,4)8-6-2;1-2/h17H,5-9H2,1-4H3,(H,16,18)(H3,14,15,19);5-8H2,1-4H3;1-2H3. The van der Waals surface area contributed by atoms with E-state index in [4.69, 9.17) is 15.6 Å². The predicted molar refractivity (Wildman–Crippen MR) is 131 cm³/mol. The van der Waals surface area contributed by atoms with Gasteiger partial charge in [-0.1, -0.05) is 54.4 Å². The second-order valence-electron chi connectivity index (χ2n) is 9.70. The van der Waals surface area contributed by atoms with Crippen molar-refractivity contribution < 1.29 is 19.4 Å². The Balaban J connectivity index is -0.000000595. The summed E-state index contributed by atoms with van der Waals surface area (Å²) in [6.45, 7) is 21.1. The normalized spacial score (nSPS) is 11.5. The minimum Gasteiger partial charge on any atom is -0.387 e. The number of nitrogens with two attached hydrogens (primary N) is 1. The van der Waals surface area contributed by atoms with Gasteiger partial charge in [-0.05, 0) is 58.8 Å². The molecule has 0 atom stereocenters. The number of nitrogens with one attached hydrogen (secondary N) is 2. The third-order valence-electron chi connectivity index (χ3n) is 4.55. The first kappa shape index (κ1) is 34.3. The van der Waals surface area contributed by atoms with Gasteiger partial charge in [-0.3, -0.25) is 4.79 Å². The molecule has 0 heterocycles. The fourth-order valence-electron chi connectivity index (χ4n) is 3.11. The Morgan fingerprint density at radius 2 is 1.42 bits per heavy atom. The number of hydrogen-bond acceptors (Lipinski definition) is 4. The lowest BCUT2D eigenvalue weighted by molar-refractivity contribution is -0.127. The summed E-state index contributed by atoms with van der Waals surface area (Å²) >= 11 is 0. The van der Waals surface area contributed by atoms with Crippen molar-refractivity contribution in [2.75, 3.05) is 19.8 Å². The number of rotatable bonds is 13. The van der Waals surface area contributed by atoms with E-state index in [-0.39, 0.29) is 5.60 Å². The fourth-order valence-corrected chi connectivity index (χ4v) is 3.11. The highest BCUT2D eigenvalue weighted by Gasteiger charge is 2.25. The Morgan fingerprint density at radius 3 is 1.81 bits per heavy atom. The van der Waals surface area contributed by atoms with Crippen molar-refractivity contribution in [3.8, 4) is 0 Å². The molecule has 0 spiro atoms. The zero-order valence-corrected chi connectivity index (χ0v) is 22.1. The second-order valence-corrected chi connectivity index (χ2v) is 9.70. The average molecular weight is 448 g/mol. The molecular formula is C24H53N3O4. The van der Waals surface area contributed by atoms with Crippen LogP contribution in [-0.4, -0.2) is 47.9 Å². The van der Waals surface area contributed by atoms with Crippen molar-refractivity contribution in [1.29, 1.82) is 0 Å². The van der Waals surface area contributed by atoms with E-state index in [1.807, 2.05) is 41.5 Å². The smallest absolute Gasteiger partial charge is 0.312 e. The lowest BCUT2D eigenvalue weighted by Crippen LogP contribution is -2.49. The lowest BCUT2D eigenvalue weighted by atomic mass is 9.84. The number of primary amides is 1. The topological polar surface area (TPSA) is 114 Å². The highest BCUT2D eigenvalue weighted by molar-refractivity contribution is 5.77. The number of carbonyl (C=O) groups excluding carboxylic acids is 2. The molecule has 0 aliphatic heterocycles. The van der Waals surface area contributed by atoms with Crippen LogP contribution in [0.15, 0.2) is 0 Å². The minimum absolute atomic E-state index is 0.328. The Morgan fingerprint density at radius 1 is 0.935 bits per heavy atom. The summed E-state index contributed by atoms with van der Waals surface area (Å²) in [6.07, 6.45) is 6.90. The number of amides is 3. The van der Waals surface area contributed by atoms with E-state index in [0.717, 1.165) is 12.8 Å². The monoisotopic (exact) mass is 447 g/mol. The van der Waals surface area contributed by atoms with Crippen molar-refractivity contribution in [3.63, 3.8) is 0 Å². The van der Waals surface area contributed by atoms with Gasteiger partial charge in [0.2, 0.25) is 5.91 Å². The van der Waals surface area contributed by atoms with E-state index >= 15 is 0 Å². The first-order valence-corrected chi connectivity index (χ1v) is 11.8. The largest absolute Gasteiger partial charge is 0.387 e. The maximum Gasteiger partial charge on any atom is 0.312 e. The Kier molecular flexibility index (Phi) is 20.2. The molecule has 0 bridgehead atoms. The van der Waals surface area contributed by atoms with E-state index < -0.39 is 24.1 Å². The number of hydrogen-bond donors (Lipinski definition) is 4. The number of ether oxygens (including phenoxy) is 1. The molecule has 7 nitrogen and oxygen atoms in total. The van der Waals surface area contributed by atoms with Gasteiger partial charge in [0.15, 0.2) is 0 Å². The lowest BCUT2D eigenvalue weighted by Gasteiger charge is -2.32.